The molecule has 0 amide bonds. The van der Waals surface area contributed by atoms with Crippen molar-refractivity contribution in [3.05, 3.63) is 285 Å². The molecule has 87 heavy (non-hydrogen) atoms. The maximum Gasteiger partial charge on any atom is 1.00 e. The molecule has 0 fully saturated rings. The average molecular weight is 1220 g/mol. The first-order chi connectivity index (χ1) is 40.8. The van der Waals surface area contributed by atoms with Crippen LogP contribution in [0.5, 0.6) is 0 Å². The molecule has 453 valence electrons. The molecule has 0 aromatic heterocycles. The molecule has 2 atom stereocenters. The van der Waals surface area contributed by atoms with E-state index in [4.69, 9.17) is 51.8 Å². The second kappa shape index (κ2) is 42.6. The van der Waals surface area contributed by atoms with Gasteiger partial charge in [-0.1, -0.05) is 170 Å². The zero-order valence-corrected chi connectivity index (χ0v) is 51.6. The van der Waals surface area contributed by atoms with E-state index in [2.05, 4.69) is 0 Å². The molecule has 8 rings (SSSR count). The first-order valence-electron chi connectivity index (χ1n) is 26.4. The number of aliphatic hydroxyl groups excluding tert-OH is 2. The number of carboxylic acids is 2. The van der Waals surface area contributed by atoms with Crippen LogP contribution >= 0.6 is 0 Å². The SMILES string of the molecule is CCO.CCOC(=O)c1cccc(C(=O)c2ccccc2)c1.CCOC(=O)c1cccc(C(O)c2ccccc2)c1.COCCCOC(c1ccccc1)c1cccc(C(=O)O)c1.O=C(O)c1cccc(C(=O)c2ccccc2)c1.O=S(=O)(O)O.[2HH].[B].[H-].[Na+]. The van der Waals surface area contributed by atoms with Gasteiger partial charge in [0, 0.05) is 52.4 Å². The van der Waals surface area contributed by atoms with Gasteiger partial charge in [0.05, 0.1) is 42.1 Å². The Labute approximate surface area is 533 Å². The molecule has 0 bridgehead atoms. The summed E-state index contributed by atoms with van der Waals surface area (Å²) in [6, 6.07) is 63.2. The molecule has 0 saturated carbocycles. The van der Waals surface area contributed by atoms with Crippen molar-refractivity contribution < 1.29 is 118 Å². The third-order valence-electron chi connectivity index (χ3n) is 11.2. The van der Waals surface area contributed by atoms with Crippen molar-refractivity contribution in [1.82, 2.24) is 0 Å². The topological polar surface area (TPSA) is 295 Å². The molecule has 0 saturated heterocycles. The maximum atomic E-state index is 12.2. The maximum absolute atomic E-state index is 12.2. The van der Waals surface area contributed by atoms with Gasteiger partial charge in [0.15, 0.2) is 11.6 Å². The largest absolute Gasteiger partial charge is 1.00 e. The molecular formula is C66H71BNaO18S. The molecule has 0 aliphatic carbocycles. The van der Waals surface area contributed by atoms with E-state index in [1.807, 2.05) is 91.0 Å². The monoisotopic (exact) mass is 1220 g/mol. The quantitative estimate of drug-likeness (QED) is 0.0145. The van der Waals surface area contributed by atoms with Crippen LogP contribution in [0.25, 0.3) is 0 Å². The molecule has 8 aromatic rings. The molecule has 0 heterocycles. The van der Waals surface area contributed by atoms with Crippen LogP contribution in [-0.4, -0.2) is 122 Å². The van der Waals surface area contributed by atoms with E-state index in [1.54, 1.807) is 143 Å². The second-order valence-electron chi connectivity index (χ2n) is 17.4. The Hall–Kier alpha value is -8.25. The van der Waals surface area contributed by atoms with Crippen molar-refractivity contribution in [3.8, 4) is 0 Å². The van der Waals surface area contributed by atoms with Crippen LogP contribution in [0.2, 0.25) is 0 Å². The normalized spacial score (nSPS) is 10.6. The van der Waals surface area contributed by atoms with Gasteiger partial charge in [-0.3, -0.25) is 18.7 Å². The summed E-state index contributed by atoms with van der Waals surface area (Å²) in [6.45, 7) is 7.28. The minimum atomic E-state index is -4.67. The predicted molar refractivity (Wildman–Crippen MR) is 328 cm³/mol. The number of methoxy groups -OCH3 is 1. The fourth-order valence-electron chi connectivity index (χ4n) is 7.44. The van der Waals surface area contributed by atoms with Crippen LogP contribution in [0, 0.1) is 0 Å². The van der Waals surface area contributed by atoms with Crippen molar-refractivity contribution in [2.75, 3.05) is 40.1 Å². The fourth-order valence-corrected chi connectivity index (χ4v) is 7.44. The van der Waals surface area contributed by atoms with Gasteiger partial charge in [-0.15, -0.1) is 0 Å². The molecule has 2 unspecified atom stereocenters. The molecule has 0 spiro atoms. The molecule has 0 aliphatic rings. The number of ether oxygens (including phenoxy) is 4. The van der Waals surface area contributed by atoms with Gasteiger partial charge in [-0.05, 0) is 98.0 Å². The van der Waals surface area contributed by atoms with E-state index in [1.165, 1.54) is 12.1 Å². The van der Waals surface area contributed by atoms with E-state index < -0.39 is 34.4 Å². The number of carboxylic acid groups (broad SMARTS) is 2. The van der Waals surface area contributed by atoms with Crippen molar-refractivity contribution in [2.24, 2.45) is 0 Å². The van der Waals surface area contributed by atoms with Crippen molar-refractivity contribution in [3.63, 3.8) is 0 Å². The number of aromatic carboxylic acids is 2. The summed E-state index contributed by atoms with van der Waals surface area (Å²) in [5.41, 5.74) is 6.56. The Kier molecular flexibility index (Phi) is 37.5. The molecule has 3 radical (unpaired) electrons. The number of carbonyl (C=O) groups is 6. The van der Waals surface area contributed by atoms with Crippen LogP contribution in [0.4, 0.5) is 0 Å². The summed E-state index contributed by atoms with van der Waals surface area (Å²) in [5.74, 6) is -3.03. The number of ketones is 2. The standard InChI is InChI=1S/C18H20O4.C16H16O3.C16H14O3.C14H10O3.C2H6O.B.Na.H2O4S.H2.H/c1-21-11-6-12-22-17(14-7-3-2-4-8-14)15-9-5-10-16(13-15)18(19)20;2*1-2-19-16(18)14-10-6-9-13(11-14)15(17)12-7-4-3-5-8-12;15-13(10-5-2-1-3-6-10)11-7-4-8-12(9-11)14(16)17;1-2-3;;;1-5(2,3)4;;/h2-5,7-10,13,17H,6,11-12H2,1H3,(H,19,20);3-11,15,17H,2H2,1H3;3-11H,2H2,1H3;1-9H,(H,16,17);3H,2H2,1H3;;;(H2,1,2,3,4);1H;/q;;;;;;+1;;;-1/i;;;;;;;;1+1;. The first-order valence-corrected chi connectivity index (χ1v) is 27.8. The third kappa shape index (κ3) is 29.1. The summed E-state index contributed by atoms with van der Waals surface area (Å²) in [4.78, 5) is 69.5. The zero-order valence-electron chi connectivity index (χ0n) is 49.7. The Bertz CT molecular complexity index is 3450. The minimum Gasteiger partial charge on any atom is -1.00 e. The average Bonchev–Trinajstić information content (AvgIpc) is 1.70. The van der Waals surface area contributed by atoms with Crippen LogP contribution in [0.15, 0.2) is 218 Å². The first kappa shape index (κ1) is 76.8. The van der Waals surface area contributed by atoms with E-state index in [9.17, 15) is 33.9 Å². The summed E-state index contributed by atoms with van der Waals surface area (Å²) < 4.78 is 52.5. The predicted octanol–water partition coefficient (Wildman–Crippen LogP) is 8.51. The van der Waals surface area contributed by atoms with Gasteiger partial charge in [-0.2, -0.15) is 8.42 Å². The van der Waals surface area contributed by atoms with E-state index in [-0.39, 0.29) is 82.2 Å². The molecule has 21 heteroatoms. The summed E-state index contributed by atoms with van der Waals surface area (Å²) in [5, 5.41) is 35.8. The third-order valence-corrected chi connectivity index (χ3v) is 11.2. The fraction of sp³-hybridized carbons (Fsp3) is 0.182. The molecular weight excluding hydrogens is 1150 g/mol. The number of aliphatic hydroxyl groups is 2. The number of carbonyl (C=O) groups excluding carboxylic acids is 4. The number of rotatable bonds is 19. The molecule has 6 N–H and O–H groups in total. The Morgan fingerprint density at radius 1 is 0.460 bits per heavy atom. The Morgan fingerprint density at radius 2 is 0.770 bits per heavy atom. The van der Waals surface area contributed by atoms with Crippen LogP contribution < -0.4 is 29.6 Å². The van der Waals surface area contributed by atoms with E-state index in [0.29, 0.717) is 65.4 Å². The van der Waals surface area contributed by atoms with E-state index >= 15 is 0 Å². The molecule has 18 nitrogen and oxygen atoms in total. The van der Waals surface area contributed by atoms with Crippen LogP contribution in [0.3, 0.4) is 0 Å². The summed E-state index contributed by atoms with van der Waals surface area (Å²) >= 11 is 0. The van der Waals surface area contributed by atoms with Gasteiger partial charge in [0.25, 0.3) is 0 Å². The number of hydrogen-bond acceptors (Lipinski definition) is 14. The smallest absolute Gasteiger partial charge is 1.00 e. The Morgan fingerprint density at radius 3 is 1.18 bits per heavy atom. The van der Waals surface area contributed by atoms with Gasteiger partial charge in [-0.25, -0.2) is 19.2 Å². The second-order valence-corrected chi connectivity index (χ2v) is 18.3. The van der Waals surface area contributed by atoms with Crippen LogP contribution in [0.1, 0.15) is 138 Å². The van der Waals surface area contributed by atoms with Crippen molar-refractivity contribution in [1.29, 1.82) is 0 Å². The number of benzene rings is 8. The summed E-state index contributed by atoms with van der Waals surface area (Å²) in [6.07, 6.45) is -0.230. The number of esters is 2. The van der Waals surface area contributed by atoms with Gasteiger partial charge in [0.2, 0.25) is 0 Å². The van der Waals surface area contributed by atoms with E-state index in [0.717, 1.165) is 23.1 Å². The van der Waals surface area contributed by atoms with Crippen LogP contribution in [-0.2, 0) is 29.3 Å². The zero-order chi connectivity index (χ0) is 62.6. The minimum absolute atomic E-state index is 0. The summed E-state index contributed by atoms with van der Waals surface area (Å²) in [7, 11) is -3.01. The van der Waals surface area contributed by atoms with Gasteiger partial charge >= 0.3 is 63.8 Å². The molecule has 8 aromatic carbocycles. The van der Waals surface area contributed by atoms with Gasteiger partial charge in [0.1, 0.15) is 12.2 Å². The van der Waals surface area contributed by atoms with Gasteiger partial charge < -0.3 is 40.8 Å². The molecule has 0 aliphatic heterocycles. The van der Waals surface area contributed by atoms with Crippen molar-refractivity contribution in [2.45, 2.75) is 39.4 Å². The number of hydrogen-bond donors (Lipinski definition) is 6. The Balaban J connectivity index is 0. The van der Waals surface area contributed by atoms with Crippen molar-refractivity contribution >= 4 is 54.3 Å².